The van der Waals surface area contributed by atoms with Gasteiger partial charge in [-0.25, -0.2) is 0 Å². The first kappa shape index (κ1) is 13.7. The summed E-state index contributed by atoms with van der Waals surface area (Å²) in [6.45, 7) is 0. The van der Waals surface area contributed by atoms with E-state index in [0.29, 0.717) is 5.56 Å². The number of benzene rings is 2. The van der Waals surface area contributed by atoms with E-state index in [0.717, 1.165) is 17.5 Å². The second-order valence-corrected chi connectivity index (χ2v) is 6.97. The van der Waals surface area contributed by atoms with Crippen LogP contribution in [-0.4, -0.2) is 23.8 Å². The standard InChI is InChI=1S/C21H17NO2/c1-22-19(23)16-9-5-8-14-10-11-15-12-17(13-6-3-2-4-7-13)21(15,18(14)16)20(22)24/h2-11,15,17H,12H2,1H3/t15?,17-,21-/m0/s1. The lowest BCUT2D eigenvalue weighted by atomic mass is 9.44. The van der Waals surface area contributed by atoms with Gasteiger partial charge in [0.1, 0.15) is 0 Å². The lowest BCUT2D eigenvalue weighted by Crippen LogP contribution is -2.65. The molecule has 24 heavy (non-hydrogen) atoms. The Morgan fingerprint density at radius 3 is 2.62 bits per heavy atom. The first-order valence-electron chi connectivity index (χ1n) is 8.35. The number of hydrogen-bond donors (Lipinski definition) is 0. The van der Waals surface area contributed by atoms with Crippen molar-refractivity contribution >= 4 is 17.9 Å². The minimum atomic E-state index is -0.620. The van der Waals surface area contributed by atoms with Gasteiger partial charge in [0.25, 0.3) is 5.91 Å². The van der Waals surface area contributed by atoms with E-state index in [9.17, 15) is 9.59 Å². The molecule has 1 heterocycles. The number of hydrogen-bond acceptors (Lipinski definition) is 2. The second kappa shape index (κ2) is 4.44. The zero-order valence-electron chi connectivity index (χ0n) is 13.4. The summed E-state index contributed by atoms with van der Waals surface area (Å²) in [6, 6.07) is 16.0. The maximum atomic E-state index is 13.4. The Bertz CT molecular complexity index is 915. The summed E-state index contributed by atoms with van der Waals surface area (Å²) in [5, 5.41) is 0. The number of rotatable bonds is 1. The maximum Gasteiger partial charge on any atom is 0.260 e. The molecule has 3 aliphatic rings. The molecule has 3 nitrogen and oxygen atoms in total. The lowest BCUT2D eigenvalue weighted by molar-refractivity contribution is -0.142. The van der Waals surface area contributed by atoms with Crippen LogP contribution in [0.5, 0.6) is 0 Å². The topological polar surface area (TPSA) is 37.4 Å². The highest BCUT2D eigenvalue weighted by Crippen LogP contribution is 2.64. The van der Waals surface area contributed by atoms with Crippen LogP contribution in [0.2, 0.25) is 0 Å². The van der Waals surface area contributed by atoms with Gasteiger partial charge in [-0.3, -0.25) is 14.5 Å². The molecule has 1 aliphatic heterocycles. The third kappa shape index (κ3) is 1.39. The first-order valence-corrected chi connectivity index (χ1v) is 8.35. The van der Waals surface area contributed by atoms with E-state index in [-0.39, 0.29) is 23.7 Å². The Morgan fingerprint density at radius 2 is 1.83 bits per heavy atom. The first-order chi connectivity index (χ1) is 11.7. The van der Waals surface area contributed by atoms with Gasteiger partial charge in [0.2, 0.25) is 5.91 Å². The van der Waals surface area contributed by atoms with Crippen molar-refractivity contribution in [2.45, 2.75) is 17.8 Å². The van der Waals surface area contributed by atoms with Crippen LogP contribution in [0.3, 0.4) is 0 Å². The van der Waals surface area contributed by atoms with Crippen molar-refractivity contribution in [2.24, 2.45) is 5.92 Å². The van der Waals surface area contributed by atoms with Gasteiger partial charge in [-0.1, -0.05) is 54.6 Å². The molecular formula is C21H17NO2. The van der Waals surface area contributed by atoms with Crippen LogP contribution in [0, 0.1) is 5.92 Å². The van der Waals surface area contributed by atoms with E-state index in [2.05, 4.69) is 24.3 Å². The van der Waals surface area contributed by atoms with E-state index in [1.165, 1.54) is 10.5 Å². The summed E-state index contributed by atoms with van der Waals surface area (Å²) in [6.07, 6.45) is 5.18. The van der Waals surface area contributed by atoms with Crippen molar-refractivity contribution in [1.82, 2.24) is 4.90 Å². The summed E-state index contributed by atoms with van der Waals surface area (Å²) in [7, 11) is 1.62. The molecule has 3 atom stereocenters. The van der Waals surface area contributed by atoms with Crippen molar-refractivity contribution in [3.8, 4) is 0 Å². The third-order valence-electron chi connectivity index (χ3n) is 6.04. The van der Waals surface area contributed by atoms with Gasteiger partial charge >= 0.3 is 0 Å². The predicted octanol–water partition coefficient (Wildman–Crippen LogP) is 3.37. The quantitative estimate of drug-likeness (QED) is 0.757. The Balaban J connectivity index is 1.82. The van der Waals surface area contributed by atoms with Crippen molar-refractivity contribution in [3.63, 3.8) is 0 Å². The third-order valence-corrected chi connectivity index (χ3v) is 6.04. The molecule has 2 aliphatic carbocycles. The fourth-order valence-corrected chi connectivity index (χ4v) is 4.93. The highest BCUT2D eigenvalue weighted by molar-refractivity contribution is 6.15. The smallest absolute Gasteiger partial charge is 0.260 e. The number of likely N-dealkylation sites (N-methyl/N-ethyl adjacent to an activating group) is 1. The predicted molar refractivity (Wildman–Crippen MR) is 91.5 cm³/mol. The minimum Gasteiger partial charge on any atom is -0.281 e. The van der Waals surface area contributed by atoms with Gasteiger partial charge in [-0.05, 0) is 35.1 Å². The fraction of sp³-hybridized carbons (Fsp3) is 0.238. The molecule has 0 N–H and O–H groups in total. The molecule has 0 bridgehead atoms. The molecule has 0 aromatic heterocycles. The molecule has 2 aromatic rings. The normalized spacial score (nSPS) is 29.8. The molecule has 1 unspecified atom stereocenters. The number of amides is 2. The average molecular weight is 315 g/mol. The van der Waals surface area contributed by atoms with E-state index in [4.69, 9.17) is 0 Å². The zero-order valence-corrected chi connectivity index (χ0v) is 13.4. The molecule has 2 amide bonds. The molecule has 118 valence electrons. The zero-order chi connectivity index (χ0) is 16.5. The molecule has 1 spiro atoms. The van der Waals surface area contributed by atoms with Gasteiger partial charge in [0.15, 0.2) is 0 Å². The van der Waals surface area contributed by atoms with Crippen LogP contribution in [0.1, 0.15) is 39.4 Å². The maximum absolute atomic E-state index is 13.4. The van der Waals surface area contributed by atoms with Crippen LogP contribution in [0.15, 0.2) is 54.6 Å². The molecule has 5 rings (SSSR count). The largest absolute Gasteiger partial charge is 0.281 e. The number of carbonyl (C=O) groups excluding carboxylic acids is 2. The van der Waals surface area contributed by atoms with Gasteiger partial charge < -0.3 is 0 Å². The Kier molecular flexibility index (Phi) is 2.54. The Morgan fingerprint density at radius 1 is 1.04 bits per heavy atom. The highest BCUT2D eigenvalue weighted by atomic mass is 16.2. The fourth-order valence-electron chi connectivity index (χ4n) is 4.93. The molecule has 0 saturated heterocycles. The molecule has 1 saturated carbocycles. The second-order valence-electron chi connectivity index (χ2n) is 6.97. The summed E-state index contributed by atoms with van der Waals surface area (Å²) in [5.41, 5.74) is 3.21. The minimum absolute atomic E-state index is 0.0538. The summed E-state index contributed by atoms with van der Waals surface area (Å²) in [4.78, 5) is 27.3. The number of nitrogens with zero attached hydrogens (tertiary/aromatic N) is 1. The Labute approximate surface area is 140 Å². The monoisotopic (exact) mass is 315 g/mol. The van der Waals surface area contributed by atoms with Gasteiger partial charge in [0.05, 0.1) is 5.41 Å². The lowest BCUT2D eigenvalue weighted by Gasteiger charge is -2.59. The van der Waals surface area contributed by atoms with E-state index in [1.54, 1.807) is 7.05 Å². The number of imide groups is 1. The summed E-state index contributed by atoms with van der Waals surface area (Å²) < 4.78 is 0. The SMILES string of the molecule is CN1C(=O)c2cccc3c2[C@]2(C1=O)C(C=C3)C[C@H]2c1ccccc1. The van der Waals surface area contributed by atoms with E-state index in [1.807, 2.05) is 36.4 Å². The molecule has 3 heteroatoms. The highest BCUT2D eigenvalue weighted by Gasteiger charge is 2.66. The molecular weight excluding hydrogens is 298 g/mol. The van der Waals surface area contributed by atoms with Crippen LogP contribution >= 0.6 is 0 Å². The molecule has 2 aromatic carbocycles. The van der Waals surface area contributed by atoms with Crippen LogP contribution in [0.25, 0.3) is 6.08 Å². The Hall–Kier alpha value is -2.68. The molecule has 0 radical (unpaired) electrons. The van der Waals surface area contributed by atoms with Crippen LogP contribution in [0.4, 0.5) is 0 Å². The van der Waals surface area contributed by atoms with Gasteiger partial charge in [-0.15, -0.1) is 0 Å². The van der Waals surface area contributed by atoms with Gasteiger partial charge in [0, 0.05) is 18.5 Å². The van der Waals surface area contributed by atoms with Crippen molar-refractivity contribution in [1.29, 1.82) is 0 Å². The van der Waals surface area contributed by atoms with Crippen molar-refractivity contribution < 1.29 is 9.59 Å². The van der Waals surface area contributed by atoms with Crippen molar-refractivity contribution in [3.05, 3.63) is 76.9 Å². The molecule has 1 fully saturated rings. The number of carbonyl (C=O) groups is 2. The van der Waals surface area contributed by atoms with Gasteiger partial charge in [-0.2, -0.15) is 0 Å². The van der Waals surface area contributed by atoms with E-state index < -0.39 is 5.41 Å². The van der Waals surface area contributed by atoms with E-state index >= 15 is 0 Å². The van der Waals surface area contributed by atoms with Crippen LogP contribution in [-0.2, 0) is 10.2 Å². The van der Waals surface area contributed by atoms with Crippen LogP contribution < -0.4 is 0 Å². The number of allylic oxidation sites excluding steroid dienone is 1. The summed E-state index contributed by atoms with van der Waals surface area (Å²) in [5.74, 6) is 0.0492. The summed E-state index contributed by atoms with van der Waals surface area (Å²) >= 11 is 0. The average Bonchev–Trinajstić information content (AvgIpc) is 2.60. The van der Waals surface area contributed by atoms with Crippen molar-refractivity contribution in [2.75, 3.05) is 7.05 Å².